The first-order valence-electron chi connectivity index (χ1n) is 9.73. The molecule has 3 heterocycles. The Balaban J connectivity index is 1.52. The second kappa shape index (κ2) is 7.99. The van der Waals surface area contributed by atoms with Gasteiger partial charge in [-0.05, 0) is 43.7 Å². The minimum absolute atomic E-state index is 0.270. The quantitative estimate of drug-likeness (QED) is 0.626. The van der Waals surface area contributed by atoms with Crippen LogP contribution in [0.15, 0.2) is 54.9 Å². The molecule has 3 aromatic rings. The maximum absolute atomic E-state index is 13.0. The van der Waals surface area contributed by atoms with Gasteiger partial charge in [0.1, 0.15) is 0 Å². The first kappa shape index (κ1) is 19.6. The molecule has 1 aliphatic heterocycles. The lowest BCUT2D eigenvalue weighted by molar-refractivity contribution is -0.137. The van der Waals surface area contributed by atoms with Gasteiger partial charge in [0.15, 0.2) is 0 Å². The van der Waals surface area contributed by atoms with Crippen LogP contribution in [0, 0.1) is 0 Å². The van der Waals surface area contributed by atoms with Gasteiger partial charge in [0, 0.05) is 49.1 Å². The summed E-state index contributed by atoms with van der Waals surface area (Å²) in [4.78, 5) is 7.12. The summed E-state index contributed by atoms with van der Waals surface area (Å²) >= 11 is 0. The molecule has 0 aliphatic carbocycles. The van der Waals surface area contributed by atoms with E-state index in [1.54, 1.807) is 16.8 Å². The molecule has 0 bridgehead atoms. The fourth-order valence-corrected chi connectivity index (χ4v) is 3.95. The third-order valence-corrected chi connectivity index (χ3v) is 5.34. The van der Waals surface area contributed by atoms with Gasteiger partial charge in [-0.25, -0.2) is 0 Å². The number of pyridine rings is 1. The summed E-state index contributed by atoms with van der Waals surface area (Å²) in [6.07, 6.45) is 1.65. The minimum atomic E-state index is -4.36. The van der Waals surface area contributed by atoms with E-state index in [4.69, 9.17) is 4.98 Å². The van der Waals surface area contributed by atoms with E-state index in [1.807, 2.05) is 31.6 Å². The van der Waals surface area contributed by atoms with E-state index in [9.17, 15) is 13.2 Å². The molecular weight excluding hydrogens is 377 g/mol. The van der Waals surface area contributed by atoms with E-state index in [0.717, 1.165) is 44.2 Å². The Labute approximate surface area is 168 Å². The first-order chi connectivity index (χ1) is 13.9. The molecule has 1 fully saturated rings. The van der Waals surface area contributed by atoms with Crippen molar-refractivity contribution in [2.75, 3.05) is 13.1 Å². The number of hydrogen-bond acceptors (Lipinski definition) is 3. The molecule has 0 radical (unpaired) electrons. The molecule has 0 saturated carbocycles. The Kier molecular flexibility index (Phi) is 5.41. The normalized spacial score (nSPS) is 18.1. The summed E-state index contributed by atoms with van der Waals surface area (Å²) in [6, 6.07) is 11.0. The number of benzene rings is 1. The molecular formula is C22H23F3N4. The minimum Gasteiger partial charge on any atom is -0.298 e. The van der Waals surface area contributed by atoms with E-state index < -0.39 is 11.7 Å². The van der Waals surface area contributed by atoms with Gasteiger partial charge >= 0.3 is 6.18 Å². The van der Waals surface area contributed by atoms with Gasteiger partial charge in [0.2, 0.25) is 0 Å². The fraction of sp³-hybridized carbons (Fsp3) is 0.364. The van der Waals surface area contributed by atoms with Crippen LogP contribution in [0.25, 0.3) is 11.3 Å². The molecule has 0 spiro atoms. The van der Waals surface area contributed by atoms with Crippen molar-refractivity contribution in [3.8, 4) is 11.3 Å². The summed E-state index contributed by atoms with van der Waals surface area (Å²) in [5, 5.41) is 4.23. The van der Waals surface area contributed by atoms with Gasteiger partial charge < -0.3 is 0 Å². The van der Waals surface area contributed by atoms with E-state index in [2.05, 4.69) is 10.00 Å². The van der Waals surface area contributed by atoms with Crippen molar-refractivity contribution in [1.29, 1.82) is 0 Å². The fourth-order valence-electron chi connectivity index (χ4n) is 3.95. The van der Waals surface area contributed by atoms with Crippen molar-refractivity contribution < 1.29 is 13.2 Å². The van der Waals surface area contributed by atoms with E-state index >= 15 is 0 Å². The molecule has 1 atom stereocenters. The summed E-state index contributed by atoms with van der Waals surface area (Å²) in [5.74, 6) is 0.270. The zero-order chi connectivity index (χ0) is 20.4. The number of piperidine rings is 1. The monoisotopic (exact) mass is 400 g/mol. The number of aryl methyl sites for hydroxylation is 1. The predicted molar refractivity (Wildman–Crippen MR) is 105 cm³/mol. The predicted octanol–water partition coefficient (Wildman–Crippen LogP) is 4.88. The Morgan fingerprint density at radius 3 is 2.72 bits per heavy atom. The topological polar surface area (TPSA) is 34.0 Å². The van der Waals surface area contributed by atoms with Gasteiger partial charge in [-0.2, -0.15) is 18.3 Å². The van der Waals surface area contributed by atoms with Crippen molar-refractivity contribution >= 4 is 0 Å². The second-order valence-electron chi connectivity index (χ2n) is 7.62. The van der Waals surface area contributed by atoms with Crippen molar-refractivity contribution in [3.05, 3.63) is 71.7 Å². The molecule has 0 amide bonds. The lowest BCUT2D eigenvalue weighted by Gasteiger charge is -2.32. The molecule has 1 saturated heterocycles. The highest BCUT2D eigenvalue weighted by molar-refractivity contribution is 5.60. The van der Waals surface area contributed by atoms with Gasteiger partial charge in [-0.3, -0.25) is 14.6 Å². The summed E-state index contributed by atoms with van der Waals surface area (Å²) < 4.78 is 40.9. The third-order valence-electron chi connectivity index (χ3n) is 5.34. The highest BCUT2D eigenvalue weighted by atomic mass is 19.4. The Hall–Kier alpha value is -2.67. The smallest absolute Gasteiger partial charge is 0.298 e. The lowest BCUT2D eigenvalue weighted by Crippen LogP contribution is -2.34. The summed E-state index contributed by atoms with van der Waals surface area (Å²) in [5.41, 5.74) is 2.54. The number of aromatic nitrogens is 3. The molecule has 1 unspecified atom stereocenters. The number of alkyl halides is 3. The molecule has 7 heteroatoms. The molecule has 1 aliphatic rings. The largest absolute Gasteiger partial charge is 0.416 e. The van der Waals surface area contributed by atoms with Gasteiger partial charge in [0.25, 0.3) is 0 Å². The second-order valence-corrected chi connectivity index (χ2v) is 7.62. The Morgan fingerprint density at radius 2 is 1.97 bits per heavy atom. The van der Waals surface area contributed by atoms with Crippen LogP contribution in [0.5, 0.6) is 0 Å². The van der Waals surface area contributed by atoms with Crippen LogP contribution in [0.3, 0.4) is 0 Å². The number of rotatable bonds is 4. The Bertz CT molecular complexity index is 980. The van der Waals surface area contributed by atoms with Crippen LogP contribution < -0.4 is 0 Å². The number of likely N-dealkylation sites (tertiary alicyclic amines) is 1. The average molecular weight is 400 g/mol. The molecule has 152 valence electrons. The van der Waals surface area contributed by atoms with Crippen molar-refractivity contribution in [1.82, 2.24) is 19.7 Å². The summed E-state index contributed by atoms with van der Waals surface area (Å²) in [6.45, 7) is 2.75. The Morgan fingerprint density at radius 1 is 1.14 bits per heavy atom. The maximum atomic E-state index is 13.0. The highest BCUT2D eigenvalue weighted by Crippen LogP contribution is 2.33. The molecule has 4 rings (SSSR count). The van der Waals surface area contributed by atoms with Crippen LogP contribution in [0.2, 0.25) is 0 Å². The third kappa shape index (κ3) is 4.67. The van der Waals surface area contributed by atoms with Gasteiger partial charge in [0.05, 0.1) is 17.5 Å². The van der Waals surface area contributed by atoms with Crippen LogP contribution in [0.1, 0.15) is 35.6 Å². The number of halogens is 3. The highest BCUT2D eigenvalue weighted by Gasteiger charge is 2.30. The van der Waals surface area contributed by atoms with Crippen molar-refractivity contribution in [2.45, 2.75) is 31.5 Å². The lowest BCUT2D eigenvalue weighted by atomic mass is 9.93. The number of hydrogen-bond donors (Lipinski definition) is 0. The van der Waals surface area contributed by atoms with Crippen LogP contribution in [0.4, 0.5) is 13.2 Å². The van der Waals surface area contributed by atoms with Crippen molar-refractivity contribution in [2.24, 2.45) is 7.05 Å². The van der Waals surface area contributed by atoms with Crippen LogP contribution in [-0.4, -0.2) is 32.8 Å². The van der Waals surface area contributed by atoms with E-state index in [-0.39, 0.29) is 5.92 Å². The maximum Gasteiger partial charge on any atom is 0.416 e. The van der Waals surface area contributed by atoms with Gasteiger partial charge in [-0.15, -0.1) is 0 Å². The first-order valence-corrected chi connectivity index (χ1v) is 9.73. The molecule has 4 nitrogen and oxygen atoms in total. The van der Waals surface area contributed by atoms with Crippen LogP contribution >= 0.6 is 0 Å². The van der Waals surface area contributed by atoms with E-state index in [1.165, 1.54) is 17.7 Å². The van der Waals surface area contributed by atoms with Crippen molar-refractivity contribution in [3.63, 3.8) is 0 Å². The standard InChI is InChI=1S/C22H23F3N4/c1-28-13-16(12-26-28)14-29-10-4-6-18(15-29)21-9-3-8-20(27-21)17-5-2-7-19(11-17)22(23,24)25/h2-3,5,7-9,11-13,18H,4,6,10,14-15H2,1H3. The zero-order valence-electron chi connectivity index (χ0n) is 16.2. The van der Waals surface area contributed by atoms with Crippen LogP contribution in [-0.2, 0) is 19.8 Å². The molecule has 1 aromatic carbocycles. The molecule has 29 heavy (non-hydrogen) atoms. The molecule has 2 aromatic heterocycles. The number of nitrogens with zero attached hydrogens (tertiary/aromatic N) is 4. The molecule has 0 N–H and O–H groups in total. The SMILES string of the molecule is Cn1cc(CN2CCCC(c3cccc(-c4cccc(C(F)(F)F)c4)n3)C2)cn1. The zero-order valence-corrected chi connectivity index (χ0v) is 16.2. The summed E-state index contributed by atoms with van der Waals surface area (Å²) in [7, 11) is 1.91. The van der Waals surface area contributed by atoms with Gasteiger partial charge in [-0.1, -0.05) is 18.2 Å². The van der Waals surface area contributed by atoms with E-state index in [0.29, 0.717) is 11.3 Å². The average Bonchev–Trinajstić information content (AvgIpc) is 3.12.